The molecule has 662 valence electrons. The fourth-order valence-electron chi connectivity index (χ4n) is 16.2. The van der Waals surface area contributed by atoms with Gasteiger partial charge in [0, 0.05) is 123 Å². The summed E-state index contributed by atoms with van der Waals surface area (Å²) in [6.07, 6.45) is 14.1. The van der Waals surface area contributed by atoms with E-state index in [1.807, 2.05) is 31.6 Å². The maximum Gasteiger partial charge on any atom is 0.118 e. The number of piperazine rings is 1. The molecule has 7 saturated heterocycles. The first-order valence-electron chi connectivity index (χ1n) is 45.2. The van der Waals surface area contributed by atoms with Crippen molar-refractivity contribution < 1.29 is 9.50 Å². The number of aromatic nitrogens is 2. The lowest BCUT2D eigenvalue weighted by atomic mass is 9.62. The Morgan fingerprint density at radius 3 is 0.784 bits per heavy atom. The summed E-state index contributed by atoms with van der Waals surface area (Å²) in [5.41, 5.74) is 4.89. The van der Waals surface area contributed by atoms with Crippen molar-refractivity contribution in [2.75, 3.05) is 105 Å². The quantitative estimate of drug-likeness (QED) is 0.272. The molecule has 11 nitrogen and oxygen atoms in total. The summed E-state index contributed by atoms with van der Waals surface area (Å²) in [7, 11) is 0. The van der Waals surface area contributed by atoms with Crippen molar-refractivity contribution in [1.29, 1.82) is 0 Å². The van der Waals surface area contributed by atoms with Crippen LogP contribution in [0.4, 0.5) is 4.39 Å². The maximum atomic E-state index is 14.6. The zero-order valence-electron chi connectivity index (χ0n) is 84.9. The number of rotatable bonds is 0. The molecule has 0 aromatic carbocycles. The van der Waals surface area contributed by atoms with Crippen molar-refractivity contribution in [1.82, 2.24) is 49.0 Å². The summed E-state index contributed by atoms with van der Waals surface area (Å²) >= 11 is 0. The normalized spacial score (nSPS) is 22.7. The Bertz CT molecular complexity index is 2470. The van der Waals surface area contributed by atoms with Crippen molar-refractivity contribution in [2.24, 2.45) is 55.7 Å². The summed E-state index contributed by atoms with van der Waals surface area (Å²) in [6, 6.07) is 0. The standard InChI is InChI=1S/C14H29N.C13H26FN.C13H27NO.C13H27N.C12H26N2.C12H25N.C11H20N2.C11H23N/c1-12(2,3)14(7)8-10-15(11-9-14)13(4,5)6;1-11(2,3)13(14)7-9-15(10-8-13)12(4,5)6;1-11(2,3)13(15)7-9-14(10-8-13)12(4,5)6;1-12(2,3)11-7-9-14(10-8-11)13(4,5)6;1-11(2,3)13-7-9-14(10-8-13)12(4,5)6;1-11(2,3)10-7-8-13(9-10)12(4,5)6;1-10(2,3)9-7-12-13(8-9)11(4,5)6;1-10(2,3)9-7-12(8-9)11(4,5)6/h8-11H2,1-7H3;7-10H2,1-6H3;15H,7-10H2,1-6H3;11H,7-10H2,1-6H3;7-10H2,1-6H3;10H,7-9H2,1-6H3;7-8H,1-6H3;9H,7-8H2,1-6H3. The molecule has 111 heavy (non-hydrogen) atoms. The molecule has 1 atom stereocenters. The third-order valence-electron chi connectivity index (χ3n) is 27.8. The van der Waals surface area contributed by atoms with Gasteiger partial charge in [0.2, 0.25) is 0 Å². The lowest BCUT2D eigenvalue weighted by molar-refractivity contribution is -0.109. The van der Waals surface area contributed by atoms with Gasteiger partial charge in [-0.3, -0.25) is 43.9 Å². The third-order valence-corrected chi connectivity index (χ3v) is 27.8. The third kappa shape index (κ3) is 35.9. The van der Waals surface area contributed by atoms with E-state index in [-0.39, 0.29) is 32.9 Å². The average Bonchev–Trinajstić information content (AvgIpc) is 1.77. The number of nitrogens with zero attached hydrogens (tertiary/aromatic N) is 10. The zero-order chi connectivity index (χ0) is 87.8. The highest BCUT2D eigenvalue weighted by Gasteiger charge is 2.48. The van der Waals surface area contributed by atoms with Crippen molar-refractivity contribution in [3.05, 3.63) is 18.0 Å². The molecule has 8 rings (SSSR count). The summed E-state index contributed by atoms with van der Waals surface area (Å²) in [4.78, 5) is 20.4. The average molecular weight is 1570 g/mol. The molecule has 1 unspecified atom stereocenters. The highest BCUT2D eigenvalue weighted by atomic mass is 19.1. The van der Waals surface area contributed by atoms with E-state index in [0.717, 1.165) is 56.8 Å². The van der Waals surface area contributed by atoms with Crippen LogP contribution in [0.2, 0.25) is 0 Å². The van der Waals surface area contributed by atoms with Gasteiger partial charge >= 0.3 is 0 Å². The first kappa shape index (κ1) is 108. The number of hydrogen-bond acceptors (Lipinski definition) is 10. The van der Waals surface area contributed by atoms with Crippen LogP contribution in [0.5, 0.6) is 0 Å². The van der Waals surface area contributed by atoms with Gasteiger partial charge in [0.25, 0.3) is 0 Å². The Labute approximate surface area is 696 Å². The van der Waals surface area contributed by atoms with Crippen LogP contribution in [0.25, 0.3) is 0 Å². The van der Waals surface area contributed by atoms with Crippen LogP contribution in [-0.4, -0.2) is 214 Å². The molecule has 0 amide bonds. The van der Waals surface area contributed by atoms with Gasteiger partial charge in [-0.2, -0.15) is 5.10 Å². The summed E-state index contributed by atoms with van der Waals surface area (Å²) in [6.45, 7) is 130. The van der Waals surface area contributed by atoms with E-state index in [0.29, 0.717) is 73.2 Å². The van der Waals surface area contributed by atoms with Crippen LogP contribution in [0, 0.1) is 55.7 Å². The van der Waals surface area contributed by atoms with Gasteiger partial charge in [-0.15, -0.1) is 0 Å². The number of halogens is 1. The SMILES string of the molecule is CC(C)(C)C1CCN(C(C)(C)C)C1.CC(C)(C)C1CCN(C(C)(C)C)CC1.CC(C)(C)C1CN(C(C)(C)C)C1.CC(C)(C)N1CCC(C)(C(C)(C)C)CC1.CC(C)(C)N1CCC(F)(C(C)(C)C)CC1.CC(C)(C)N1CCC(O)(C(C)(C)C)CC1.CC(C)(C)N1CCN(C(C)(C)C)CC1.CC(C)(C)c1cnn(C(C)(C)C)c1. The molecule has 7 fully saturated rings. The molecule has 7 aliphatic rings. The number of hydrogen-bond donors (Lipinski definition) is 1. The number of alkyl halides is 1. The number of aliphatic hydroxyl groups is 1. The van der Waals surface area contributed by atoms with Gasteiger partial charge in [-0.25, -0.2) is 4.39 Å². The summed E-state index contributed by atoms with van der Waals surface area (Å²) in [5, 5.41) is 14.9. The highest BCUT2D eigenvalue weighted by molar-refractivity contribution is 5.16. The van der Waals surface area contributed by atoms with E-state index in [1.54, 1.807) is 0 Å². The number of piperidine rings is 4. The lowest BCUT2D eigenvalue weighted by Crippen LogP contribution is -2.59. The van der Waals surface area contributed by atoms with Crippen LogP contribution < -0.4 is 0 Å². The minimum Gasteiger partial charge on any atom is -0.389 e. The van der Waals surface area contributed by atoms with E-state index in [1.165, 1.54) is 116 Å². The van der Waals surface area contributed by atoms with Crippen molar-refractivity contribution in [2.45, 2.75) is 464 Å². The molecule has 0 bridgehead atoms. The van der Waals surface area contributed by atoms with Gasteiger partial charge in [-0.1, -0.05) is 152 Å². The highest BCUT2D eigenvalue weighted by Crippen LogP contribution is 2.48. The Balaban J connectivity index is 0.000000635. The van der Waals surface area contributed by atoms with E-state index >= 15 is 0 Å². The second-order valence-electron chi connectivity index (χ2n) is 52.6. The summed E-state index contributed by atoms with van der Waals surface area (Å²) in [5.74, 6) is 2.70. The Hall–Kier alpha value is -1.22. The molecule has 1 N–H and O–H groups in total. The van der Waals surface area contributed by atoms with E-state index in [9.17, 15) is 9.50 Å². The second-order valence-corrected chi connectivity index (χ2v) is 52.6. The molecule has 8 heterocycles. The number of likely N-dealkylation sites (tertiary alicyclic amines) is 6. The minimum atomic E-state index is -0.977. The molecular formula is C99H203FN10O. The largest absolute Gasteiger partial charge is 0.389 e. The van der Waals surface area contributed by atoms with Crippen molar-refractivity contribution >= 4 is 0 Å². The van der Waals surface area contributed by atoms with Crippen molar-refractivity contribution in [3.8, 4) is 0 Å². The molecule has 0 saturated carbocycles. The maximum absolute atomic E-state index is 14.6. The van der Waals surface area contributed by atoms with Gasteiger partial charge in [0.05, 0.1) is 17.3 Å². The van der Waals surface area contributed by atoms with Crippen LogP contribution in [0.3, 0.4) is 0 Å². The van der Waals surface area contributed by atoms with Gasteiger partial charge < -0.3 is 5.11 Å². The lowest BCUT2D eigenvalue weighted by Gasteiger charge is -2.52. The molecule has 1 aromatic heterocycles. The van der Waals surface area contributed by atoms with E-state index < -0.39 is 11.3 Å². The minimum absolute atomic E-state index is 0.00300. The predicted octanol–water partition coefficient (Wildman–Crippen LogP) is 24.8. The van der Waals surface area contributed by atoms with Crippen LogP contribution in [0.15, 0.2) is 12.4 Å². The van der Waals surface area contributed by atoms with E-state index in [2.05, 4.69) is 369 Å². The predicted molar refractivity (Wildman–Crippen MR) is 492 cm³/mol. The first-order chi connectivity index (χ1) is 48.7. The van der Waals surface area contributed by atoms with Crippen LogP contribution in [0.1, 0.15) is 403 Å². The topological polar surface area (TPSA) is 64.0 Å². The molecule has 0 aliphatic carbocycles. The Morgan fingerprint density at radius 1 is 0.297 bits per heavy atom. The van der Waals surface area contributed by atoms with E-state index in [4.69, 9.17) is 0 Å². The Morgan fingerprint density at radius 2 is 0.559 bits per heavy atom. The van der Waals surface area contributed by atoms with Gasteiger partial charge in [-0.05, 0) is 344 Å². The smallest absolute Gasteiger partial charge is 0.118 e. The van der Waals surface area contributed by atoms with Crippen LogP contribution in [-0.2, 0) is 11.0 Å². The Kier molecular flexibility index (Phi) is 38.0. The molecular weight excluding hydrogens is 1360 g/mol. The summed E-state index contributed by atoms with van der Waals surface area (Å²) < 4.78 is 16.6. The monoisotopic (exact) mass is 1570 g/mol. The molecule has 7 aliphatic heterocycles. The van der Waals surface area contributed by atoms with Gasteiger partial charge in [0.1, 0.15) is 5.67 Å². The second kappa shape index (κ2) is 39.1. The zero-order valence-corrected chi connectivity index (χ0v) is 84.9. The molecule has 1 aromatic rings. The molecule has 0 radical (unpaired) electrons. The van der Waals surface area contributed by atoms with Crippen LogP contribution >= 0.6 is 0 Å². The van der Waals surface area contributed by atoms with Gasteiger partial charge in [0.15, 0.2) is 0 Å². The molecule has 0 spiro atoms. The fraction of sp³-hybridized carbons (Fsp3) is 0.970. The van der Waals surface area contributed by atoms with Crippen molar-refractivity contribution in [3.63, 3.8) is 0 Å². The fourth-order valence-corrected chi connectivity index (χ4v) is 16.2. The first-order valence-corrected chi connectivity index (χ1v) is 45.2. The molecule has 12 heteroatoms.